The molecule has 3 atom stereocenters. The first-order chi connectivity index (χ1) is 11.4. The molecule has 0 amide bonds. The number of ether oxygens (including phenoxy) is 1. The number of hydrogen-bond acceptors (Lipinski definition) is 4. The highest BCUT2D eigenvalue weighted by Gasteiger charge is 2.47. The van der Waals surface area contributed by atoms with Crippen molar-refractivity contribution in [2.75, 3.05) is 20.3 Å². The topological polar surface area (TPSA) is 52.9 Å². The first-order valence-corrected chi connectivity index (χ1v) is 8.49. The maximum atomic E-state index is 13.9. The molecular formula is C18H25F2NO3. The second kappa shape index (κ2) is 7.04. The molecule has 0 spiro atoms. The predicted molar refractivity (Wildman–Crippen MR) is 85.6 cm³/mol. The number of rotatable bonds is 6. The minimum atomic E-state index is -0.979. The molecule has 2 aliphatic heterocycles. The van der Waals surface area contributed by atoms with E-state index >= 15 is 0 Å². The third-order valence-electron chi connectivity index (χ3n) is 5.32. The number of hydrogen-bond donors (Lipinski definition) is 2. The van der Waals surface area contributed by atoms with E-state index in [1.165, 1.54) is 12.1 Å². The van der Waals surface area contributed by atoms with Crippen LogP contribution in [0.25, 0.3) is 0 Å². The van der Waals surface area contributed by atoms with Crippen LogP contribution in [-0.2, 0) is 11.2 Å². The molecule has 24 heavy (non-hydrogen) atoms. The van der Waals surface area contributed by atoms with Crippen molar-refractivity contribution in [3.8, 4) is 0 Å². The quantitative estimate of drug-likeness (QED) is 0.829. The van der Waals surface area contributed by atoms with E-state index in [9.17, 15) is 19.0 Å². The fourth-order valence-corrected chi connectivity index (χ4v) is 4.36. The number of piperidine rings is 1. The summed E-state index contributed by atoms with van der Waals surface area (Å²) in [7, 11) is 1.56. The molecule has 2 fully saturated rings. The van der Waals surface area contributed by atoms with Crippen LogP contribution >= 0.6 is 0 Å². The molecule has 3 unspecified atom stereocenters. The molecule has 3 rings (SSSR count). The molecule has 1 aromatic carbocycles. The third-order valence-corrected chi connectivity index (χ3v) is 5.32. The summed E-state index contributed by atoms with van der Waals surface area (Å²) in [6.07, 6.45) is 2.68. The number of fused-ring (bicyclic) bond motifs is 2. The molecule has 2 saturated heterocycles. The molecule has 2 aliphatic rings. The first kappa shape index (κ1) is 17.7. The van der Waals surface area contributed by atoms with Crippen LogP contribution in [0.3, 0.4) is 0 Å². The van der Waals surface area contributed by atoms with Crippen LogP contribution in [0.2, 0.25) is 0 Å². The predicted octanol–water partition coefficient (Wildman–Crippen LogP) is 1.87. The molecule has 134 valence electrons. The van der Waals surface area contributed by atoms with Crippen molar-refractivity contribution < 1.29 is 23.7 Å². The zero-order valence-corrected chi connectivity index (χ0v) is 13.9. The van der Waals surface area contributed by atoms with Gasteiger partial charge in [0.2, 0.25) is 0 Å². The summed E-state index contributed by atoms with van der Waals surface area (Å²) in [5.41, 5.74) is -0.626. The number of benzene rings is 1. The number of aliphatic hydroxyl groups is 2. The zero-order valence-electron chi connectivity index (χ0n) is 13.9. The van der Waals surface area contributed by atoms with Crippen LogP contribution in [0.1, 0.15) is 31.2 Å². The maximum Gasteiger partial charge on any atom is 0.129 e. The summed E-state index contributed by atoms with van der Waals surface area (Å²) in [5.74, 6) is -1.21. The lowest BCUT2D eigenvalue weighted by Gasteiger charge is -2.44. The molecule has 0 radical (unpaired) electrons. The number of nitrogens with zero attached hydrogens (tertiary/aromatic N) is 1. The van der Waals surface area contributed by atoms with Crippen LogP contribution in [0.15, 0.2) is 18.2 Å². The highest BCUT2D eigenvalue weighted by atomic mass is 19.1. The maximum absolute atomic E-state index is 13.9. The van der Waals surface area contributed by atoms with Crippen molar-refractivity contribution in [3.05, 3.63) is 35.4 Å². The van der Waals surface area contributed by atoms with Crippen LogP contribution in [0.5, 0.6) is 0 Å². The van der Waals surface area contributed by atoms with Gasteiger partial charge in [-0.2, -0.15) is 0 Å². The van der Waals surface area contributed by atoms with Gasteiger partial charge in [0.25, 0.3) is 0 Å². The zero-order chi connectivity index (χ0) is 17.3. The van der Waals surface area contributed by atoms with Gasteiger partial charge in [-0.25, -0.2) is 8.78 Å². The fourth-order valence-electron chi connectivity index (χ4n) is 4.36. The van der Waals surface area contributed by atoms with Gasteiger partial charge in [-0.05, 0) is 37.3 Å². The van der Waals surface area contributed by atoms with Crippen molar-refractivity contribution >= 4 is 0 Å². The Balaban J connectivity index is 1.67. The van der Waals surface area contributed by atoms with Crippen LogP contribution in [-0.4, -0.2) is 59.2 Å². The number of methoxy groups -OCH3 is 1. The third kappa shape index (κ3) is 3.77. The summed E-state index contributed by atoms with van der Waals surface area (Å²) in [6.45, 7) is 0.825. The average Bonchev–Trinajstić information content (AvgIpc) is 2.75. The van der Waals surface area contributed by atoms with Gasteiger partial charge in [-0.3, -0.25) is 4.90 Å². The molecule has 6 heteroatoms. The lowest BCUT2D eigenvalue weighted by molar-refractivity contribution is -0.0668. The Morgan fingerprint density at radius 3 is 2.54 bits per heavy atom. The largest absolute Gasteiger partial charge is 0.389 e. The minimum Gasteiger partial charge on any atom is -0.389 e. The van der Waals surface area contributed by atoms with Gasteiger partial charge in [-0.15, -0.1) is 0 Å². The van der Waals surface area contributed by atoms with E-state index in [2.05, 4.69) is 4.90 Å². The fraction of sp³-hybridized carbons (Fsp3) is 0.667. The molecular weight excluding hydrogens is 316 g/mol. The van der Waals surface area contributed by atoms with E-state index < -0.39 is 23.3 Å². The minimum absolute atomic E-state index is 0.184. The summed E-state index contributed by atoms with van der Waals surface area (Å²) in [5, 5.41) is 21.0. The molecule has 0 aliphatic carbocycles. The van der Waals surface area contributed by atoms with Crippen molar-refractivity contribution in [2.24, 2.45) is 0 Å². The van der Waals surface area contributed by atoms with E-state index in [0.717, 1.165) is 18.9 Å². The Labute approximate surface area is 141 Å². The van der Waals surface area contributed by atoms with Gasteiger partial charge in [0.05, 0.1) is 18.3 Å². The Bertz CT molecular complexity index is 569. The lowest BCUT2D eigenvalue weighted by Crippen LogP contribution is -2.54. The van der Waals surface area contributed by atoms with E-state index in [4.69, 9.17) is 4.74 Å². The van der Waals surface area contributed by atoms with E-state index in [0.29, 0.717) is 31.6 Å². The normalized spacial score (nSPS) is 31.4. The molecule has 4 nitrogen and oxygen atoms in total. The Kier molecular flexibility index (Phi) is 5.20. The van der Waals surface area contributed by atoms with E-state index in [1.54, 1.807) is 7.11 Å². The van der Waals surface area contributed by atoms with Crippen molar-refractivity contribution in [1.29, 1.82) is 0 Å². The number of aliphatic hydroxyl groups excluding tert-OH is 1. The second-order valence-corrected chi connectivity index (χ2v) is 7.24. The van der Waals surface area contributed by atoms with Crippen molar-refractivity contribution in [3.63, 3.8) is 0 Å². The first-order valence-electron chi connectivity index (χ1n) is 8.49. The van der Waals surface area contributed by atoms with Gasteiger partial charge < -0.3 is 14.9 Å². The molecule has 2 bridgehead atoms. The Morgan fingerprint density at radius 2 is 1.96 bits per heavy atom. The SMILES string of the molecule is COCC(O)CN1C2CCC1CC(O)(Cc1ccc(F)cc1F)C2. The summed E-state index contributed by atoms with van der Waals surface area (Å²) in [6, 6.07) is 3.88. The van der Waals surface area contributed by atoms with Gasteiger partial charge in [0, 0.05) is 38.2 Å². The van der Waals surface area contributed by atoms with Crippen LogP contribution in [0.4, 0.5) is 8.78 Å². The number of halogens is 2. The highest BCUT2D eigenvalue weighted by molar-refractivity contribution is 5.21. The smallest absolute Gasteiger partial charge is 0.129 e. The van der Waals surface area contributed by atoms with Gasteiger partial charge in [0.15, 0.2) is 0 Å². The molecule has 1 aromatic rings. The van der Waals surface area contributed by atoms with Crippen LogP contribution < -0.4 is 0 Å². The van der Waals surface area contributed by atoms with E-state index in [1.807, 2.05) is 0 Å². The molecule has 2 heterocycles. The van der Waals surface area contributed by atoms with Gasteiger partial charge in [0.1, 0.15) is 11.6 Å². The van der Waals surface area contributed by atoms with Crippen molar-refractivity contribution in [1.82, 2.24) is 4.90 Å². The average molecular weight is 341 g/mol. The molecule has 0 aromatic heterocycles. The second-order valence-electron chi connectivity index (χ2n) is 7.24. The standard InChI is InChI=1S/C18H25F2NO3/c1-24-11-16(22)10-21-14-4-5-15(21)9-18(23,8-14)7-12-2-3-13(19)6-17(12)20/h2-3,6,14-16,22-23H,4-5,7-11H2,1H3. The Hall–Kier alpha value is -1.08. The summed E-state index contributed by atoms with van der Waals surface area (Å²) in [4.78, 5) is 2.25. The summed E-state index contributed by atoms with van der Waals surface area (Å²) < 4.78 is 31.9. The Morgan fingerprint density at radius 1 is 1.29 bits per heavy atom. The van der Waals surface area contributed by atoms with Crippen molar-refractivity contribution in [2.45, 2.75) is 55.9 Å². The highest BCUT2D eigenvalue weighted by Crippen LogP contribution is 2.42. The summed E-state index contributed by atoms with van der Waals surface area (Å²) >= 11 is 0. The molecule has 0 saturated carbocycles. The molecule has 2 N–H and O–H groups in total. The van der Waals surface area contributed by atoms with Gasteiger partial charge >= 0.3 is 0 Å². The van der Waals surface area contributed by atoms with Crippen LogP contribution in [0, 0.1) is 11.6 Å². The lowest BCUT2D eigenvalue weighted by atomic mass is 9.81. The van der Waals surface area contributed by atoms with Gasteiger partial charge in [-0.1, -0.05) is 6.07 Å². The van der Waals surface area contributed by atoms with E-state index in [-0.39, 0.29) is 18.5 Å². The monoisotopic (exact) mass is 341 g/mol.